The number of carbonyl (C=O) groups excluding carboxylic acids is 1. The Kier molecular flexibility index (Phi) is 8.13. The lowest BCUT2D eigenvalue weighted by Gasteiger charge is -2.21. The third-order valence-corrected chi connectivity index (χ3v) is 2.49. The summed E-state index contributed by atoms with van der Waals surface area (Å²) in [6, 6.07) is -0.337. The summed E-state index contributed by atoms with van der Waals surface area (Å²) in [6.07, 6.45) is 2.08. The second-order valence-corrected chi connectivity index (χ2v) is 3.95. The van der Waals surface area contributed by atoms with E-state index in [2.05, 4.69) is 22.7 Å². The molecule has 17 heavy (non-hydrogen) atoms. The maximum atomic E-state index is 11.8. The molecule has 100 valence electrons. The quantitative estimate of drug-likeness (QED) is 0.203. The number of nitrogens with two attached hydrogens (primary N) is 1. The number of hydrogen-bond donors (Lipinski definition) is 3. The molecule has 0 saturated heterocycles. The topological polar surface area (TPSA) is 82.7 Å². The van der Waals surface area contributed by atoms with Gasteiger partial charge < -0.3 is 10.2 Å². The second-order valence-electron chi connectivity index (χ2n) is 3.95. The van der Waals surface area contributed by atoms with E-state index < -0.39 is 0 Å². The Morgan fingerprint density at radius 1 is 1.47 bits per heavy atom. The molecule has 0 heterocycles. The first-order valence-electron chi connectivity index (χ1n) is 6.09. The highest BCUT2D eigenvalue weighted by Gasteiger charge is 2.16. The molecule has 1 atom stereocenters. The predicted molar refractivity (Wildman–Crippen MR) is 70.4 cm³/mol. The van der Waals surface area contributed by atoms with Gasteiger partial charge in [0.1, 0.15) is 6.04 Å². The summed E-state index contributed by atoms with van der Waals surface area (Å²) in [5, 5.41) is 2.96. The van der Waals surface area contributed by atoms with Gasteiger partial charge in [-0.05, 0) is 20.3 Å². The molecule has 1 unspecified atom stereocenters. The Morgan fingerprint density at radius 3 is 2.59 bits per heavy atom. The molecule has 0 aliphatic rings. The van der Waals surface area contributed by atoms with Crippen molar-refractivity contribution in [2.75, 3.05) is 20.1 Å². The van der Waals surface area contributed by atoms with Crippen LogP contribution in [0.3, 0.4) is 0 Å². The monoisotopic (exact) mass is 243 g/mol. The predicted octanol–water partition coefficient (Wildman–Crippen LogP) is 0.0622. The number of nitrogens with zero attached hydrogens (tertiary/aromatic N) is 2. The van der Waals surface area contributed by atoms with E-state index >= 15 is 0 Å². The highest BCUT2D eigenvalue weighted by atomic mass is 16.2. The van der Waals surface area contributed by atoms with Gasteiger partial charge in [-0.15, -0.1) is 0 Å². The molecule has 1 amide bonds. The molecular weight excluding hydrogens is 218 g/mol. The summed E-state index contributed by atoms with van der Waals surface area (Å²) < 4.78 is 0. The lowest BCUT2D eigenvalue weighted by atomic mass is 10.3. The molecule has 0 aromatic heterocycles. The van der Waals surface area contributed by atoms with Gasteiger partial charge in [-0.2, -0.15) is 0 Å². The molecule has 4 N–H and O–H groups in total. The van der Waals surface area contributed by atoms with Gasteiger partial charge >= 0.3 is 0 Å². The molecule has 0 aromatic rings. The summed E-state index contributed by atoms with van der Waals surface area (Å²) >= 11 is 0. The van der Waals surface area contributed by atoms with Crippen molar-refractivity contribution >= 4 is 11.9 Å². The number of likely N-dealkylation sites (N-methyl/N-ethyl adjacent to an activating group) is 1. The molecule has 0 aromatic carbocycles. The third-order valence-electron chi connectivity index (χ3n) is 2.49. The average Bonchev–Trinajstić information content (AvgIpc) is 2.35. The fourth-order valence-electron chi connectivity index (χ4n) is 1.24. The zero-order valence-electron chi connectivity index (χ0n) is 11.3. The number of aliphatic imine (C=N–C) groups is 1. The summed E-state index contributed by atoms with van der Waals surface area (Å²) in [5.41, 5.74) is 2.47. The van der Waals surface area contributed by atoms with Crippen molar-refractivity contribution in [3.63, 3.8) is 0 Å². The molecule has 0 aliphatic heterocycles. The van der Waals surface area contributed by atoms with Crippen LogP contribution < -0.4 is 16.6 Å². The largest absolute Gasteiger partial charge is 0.344 e. The number of guanidine groups is 1. The van der Waals surface area contributed by atoms with Crippen LogP contribution in [0.15, 0.2) is 4.99 Å². The molecule has 0 saturated carbocycles. The number of carbonyl (C=O) groups is 1. The minimum Gasteiger partial charge on any atom is -0.344 e. The van der Waals surface area contributed by atoms with Crippen LogP contribution in [0.2, 0.25) is 0 Å². The van der Waals surface area contributed by atoms with Gasteiger partial charge in [-0.1, -0.05) is 13.3 Å². The first kappa shape index (κ1) is 15.7. The van der Waals surface area contributed by atoms with E-state index in [4.69, 9.17) is 5.84 Å². The van der Waals surface area contributed by atoms with E-state index in [1.165, 1.54) is 0 Å². The van der Waals surface area contributed by atoms with Gasteiger partial charge in [-0.25, -0.2) is 5.84 Å². The summed E-state index contributed by atoms with van der Waals surface area (Å²) in [7, 11) is 1.77. The molecule has 0 aliphatic carbocycles. The van der Waals surface area contributed by atoms with Crippen LogP contribution >= 0.6 is 0 Å². The normalized spacial score (nSPS) is 13.1. The van der Waals surface area contributed by atoms with E-state index in [0.717, 1.165) is 12.8 Å². The van der Waals surface area contributed by atoms with Crippen molar-refractivity contribution in [2.24, 2.45) is 10.8 Å². The zero-order valence-corrected chi connectivity index (χ0v) is 11.3. The molecule has 0 bridgehead atoms. The number of nitrogens with one attached hydrogen (secondary N) is 2. The van der Waals surface area contributed by atoms with E-state index in [1.807, 2.05) is 6.92 Å². The smallest absolute Gasteiger partial charge is 0.244 e. The van der Waals surface area contributed by atoms with Gasteiger partial charge in [0.05, 0.1) is 0 Å². The lowest BCUT2D eigenvalue weighted by Crippen LogP contribution is -2.51. The Hall–Kier alpha value is -1.30. The van der Waals surface area contributed by atoms with Crippen LogP contribution in [-0.2, 0) is 4.79 Å². The second kappa shape index (κ2) is 8.81. The molecule has 0 radical (unpaired) electrons. The van der Waals surface area contributed by atoms with E-state index in [-0.39, 0.29) is 11.9 Å². The van der Waals surface area contributed by atoms with Crippen LogP contribution in [-0.4, -0.2) is 42.9 Å². The number of hydrogen-bond acceptors (Lipinski definition) is 3. The Bertz CT molecular complexity index is 254. The van der Waals surface area contributed by atoms with Crippen molar-refractivity contribution in [1.82, 2.24) is 15.6 Å². The van der Waals surface area contributed by atoms with Gasteiger partial charge in [0.15, 0.2) is 0 Å². The molecule has 0 rings (SSSR count). The van der Waals surface area contributed by atoms with Crippen molar-refractivity contribution in [3.05, 3.63) is 0 Å². The van der Waals surface area contributed by atoms with Crippen LogP contribution in [0.1, 0.15) is 33.6 Å². The third kappa shape index (κ3) is 6.11. The van der Waals surface area contributed by atoms with Crippen LogP contribution in [0.25, 0.3) is 0 Å². The molecular formula is C11H25N5O. The van der Waals surface area contributed by atoms with Gasteiger partial charge in [-0.3, -0.25) is 15.2 Å². The Morgan fingerprint density at radius 2 is 2.12 bits per heavy atom. The van der Waals surface area contributed by atoms with E-state index in [9.17, 15) is 4.79 Å². The van der Waals surface area contributed by atoms with Crippen molar-refractivity contribution in [2.45, 2.75) is 39.7 Å². The molecule has 6 nitrogen and oxygen atoms in total. The number of hydrazine groups is 1. The van der Waals surface area contributed by atoms with E-state index in [1.54, 1.807) is 18.9 Å². The fraction of sp³-hybridized carbons (Fsp3) is 0.818. The minimum atomic E-state index is -0.337. The van der Waals surface area contributed by atoms with Gasteiger partial charge in [0.2, 0.25) is 11.9 Å². The van der Waals surface area contributed by atoms with Crippen molar-refractivity contribution < 1.29 is 4.79 Å². The van der Waals surface area contributed by atoms with Crippen molar-refractivity contribution in [1.29, 1.82) is 0 Å². The highest BCUT2D eigenvalue weighted by molar-refractivity contribution is 5.88. The van der Waals surface area contributed by atoms with Crippen LogP contribution in [0.5, 0.6) is 0 Å². The standard InChI is InChI=1S/C11H25N5O/c1-5-7-8-13-11(15-12)14-9(3)10(17)16(4)6-2/h9H,5-8,12H2,1-4H3,(H2,13,14,15). The summed E-state index contributed by atoms with van der Waals surface area (Å²) in [6.45, 7) is 7.21. The molecule has 0 spiro atoms. The maximum Gasteiger partial charge on any atom is 0.244 e. The number of amides is 1. The Labute approximate surface area is 104 Å². The first-order valence-corrected chi connectivity index (χ1v) is 6.09. The van der Waals surface area contributed by atoms with Crippen LogP contribution in [0, 0.1) is 0 Å². The average molecular weight is 243 g/mol. The van der Waals surface area contributed by atoms with Gasteiger partial charge in [0.25, 0.3) is 0 Å². The first-order chi connectivity index (χ1) is 8.06. The number of rotatable bonds is 6. The van der Waals surface area contributed by atoms with Gasteiger partial charge in [0, 0.05) is 20.1 Å². The SMILES string of the molecule is CCCCN=C(NN)NC(C)C(=O)N(C)CC. The maximum absolute atomic E-state index is 11.8. The van der Waals surface area contributed by atoms with Crippen LogP contribution in [0.4, 0.5) is 0 Å². The van der Waals surface area contributed by atoms with Crippen molar-refractivity contribution in [3.8, 4) is 0 Å². The zero-order chi connectivity index (χ0) is 13.3. The lowest BCUT2D eigenvalue weighted by molar-refractivity contribution is -0.131. The minimum absolute atomic E-state index is 0.0194. The molecule has 6 heteroatoms. The number of unbranched alkanes of at least 4 members (excludes halogenated alkanes) is 1. The summed E-state index contributed by atoms with van der Waals surface area (Å²) in [5.74, 6) is 5.83. The fourth-order valence-corrected chi connectivity index (χ4v) is 1.24. The molecule has 0 fully saturated rings. The summed E-state index contributed by atoms with van der Waals surface area (Å²) in [4.78, 5) is 17.7. The Balaban J connectivity index is 4.27. The van der Waals surface area contributed by atoms with E-state index in [0.29, 0.717) is 19.0 Å². The highest BCUT2D eigenvalue weighted by Crippen LogP contribution is 1.92.